The van der Waals surface area contributed by atoms with Crippen LogP contribution in [0.5, 0.6) is 0 Å². The summed E-state index contributed by atoms with van der Waals surface area (Å²) >= 11 is 3.36. The van der Waals surface area contributed by atoms with E-state index in [2.05, 4.69) is 53.7 Å². The fraction of sp³-hybridized carbons (Fsp3) is 0.650. The molecule has 0 saturated heterocycles. The van der Waals surface area contributed by atoms with Crippen LogP contribution in [0.25, 0.3) is 0 Å². The number of aromatic nitrogens is 2. The number of ether oxygens (including phenoxy) is 1. The van der Waals surface area contributed by atoms with E-state index in [0.717, 1.165) is 40.3 Å². The Kier molecular flexibility index (Phi) is 11.0. The summed E-state index contributed by atoms with van der Waals surface area (Å²) in [5.41, 5.74) is 2.29. The third-order valence-corrected chi connectivity index (χ3v) is 6.24. The van der Waals surface area contributed by atoms with Crippen LogP contribution in [-0.4, -0.2) is 48.1 Å². The minimum atomic E-state index is 0. The lowest BCUT2D eigenvalue weighted by atomic mass is 9.93. The Morgan fingerprint density at radius 1 is 1.28 bits per heavy atom. The van der Waals surface area contributed by atoms with E-state index in [-0.39, 0.29) is 35.5 Å². The summed E-state index contributed by atoms with van der Waals surface area (Å²) in [6.45, 7) is 12.9. The molecular weight excluding hydrogens is 517 g/mol. The SMILES string of the molecule is CCNC(=NCCc1nc(C(C)(C)C)cs1)N(C)Cc1csc(C(C)OC)n1.I. The molecule has 1 unspecified atom stereocenters. The van der Waals surface area contributed by atoms with Gasteiger partial charge < -0.3 is 15.0 Å². The van der Waals surface area contributed by atoms with Crippen LogP contribution in [-0.2, 0) is 23.1 Å². The molecule has 1 N–H and O–H groups in total. The van der Waals surface area contributed by atoms with Gasteiger partial charge in [0.1, 0.15) is 11.1 Å². The van der Waals surface area contributed by atoms with Crippen molar-refractivity contribution in [3.8, 4) is 0 Å². The molecule has 2 aromatic rings. The van der Waals surface area contributed by atoms with Crippen LogP contribution < -0.4 is 5.32 Å². The molecule has 29 heavy (non-hydrogen) atoms. The molecule has 2 heterocycles. The minimum absolute atomic E-state index is 0. The van der Waals surface area contributed by atoms with Gasteiger partial charge in [-0.2, -0.15) is 0 Å². The van der Waals surface area contributed by atoms with Gasteiger partial charge in [-0.25, -0.2) is 9.97 Å². The van der Waals surface area contributed by atoms with Gasteiger partial charge in [0.25, 0.3) is 0 Å². The van der Waals surface area contributed by atoms with Gasteiger partial charge >= 0.3 is 0 Å². The number of rotatable bonds is 8. The normalized spacial score (nSPS) is 13.1. The summed E-state index contributed by atoms with van der Waals surface area (Å²) in [4.78, 5) is 16.3. The van der Waals surface area contributed by atoms with Gasteiger partial charge in [0.05, 0.1) is 22.9 Å². The second-order valence-electron chi connectivity index (χ2n) is 7.77. The lowest BCUT2D eigenvalue weighted by molar-refractivity contribution is 0.119. The summed E-state index contributed by atoms with van der Waals surface area (Å²) in [7, 11) is 3.75. The average molecular weight is 552 g/mol. The van der Waals surface area contributed by atoms with E-state index in [0.29, 0.717) is 13.1 Å². The molecule has 0 saturated carbocycles. The monoisotopic (exact) mass is 551 g/mol. The average Bonchev–Trinajstić information content (AvgIpc) is 3.29. The van der Waals surface area contributed by atoms with Crippen molar-refractivity contribution in [2.75, 3.05) is 27.2 Å². The van der Waals surface area contributed by atoms with E-state index < -0.39 is 0 Å². The molecule has 0 aromatic carbocycles. The van der Waals surface area contributed by atoms with Crippen LogP contribution in [0.2, 0.25) is 0 Å². The molecule has 0 aliphatic rings. The van der Waals surface area contributed by atoms with Crippen LogP contribution in [0.15, 0.2) is 15.8 Å². The predicted octanol–water partition coefficient (Wildman–Crippen LogP) is 4.86. The Hall–Kier alpha value is -0.780. The van der Waals surface area contributed by atoms with Crippen molar-refractivity contribution < 1.29 is 4.74 Å². The number of hydrogen-bond acceptors (Lipinski definition) is 6. The predicted molar refractivity (Wildman–Crippen MR) is 135 cm³/mol. The highest BCUT2D eigenvalue weighted by Gasteiger charge is 2.17. The zero-order valence-electron chi connectivity index (χ0n) is 18.5. The molecule has 0 bridgehead atoms. The quantitative estimate of drug-likeness (QED) is 0.289. The standard InChI is InChI=1S/C20H33N5OS2.HI/c1-8-21-19(22-10-9-17-24-16(13-27-17)20(3,4)5)25(6)11-15-12-28-18(23-15)14(2)26-7;/h12-14H,8-11H2,1-7H3,(H,21,22);1H. The second kappa shape index (κ2) is 12.2. The third kappa shape index (κ3) is 8.10. The first-order chi connectivity index (χ1) is 13.2. The molecule has 6 nitrogen and oxygen atoms in total. The van der Waals surface area contributed by atoms with Crippen molar-refractivity contribution >= 4 is 52.6 Å². The van der Waals surface area contributed by atoms with Gasteiger partial charge in [0.15, 0.2) is 5.96 Å². The van der Waals surface area contributed by atoms with E-state index in [9.17, 15) is 0 Å². The number of nitrogens with one attached hydrogen (secondary N) is 1. The highest BCUT2D eigenvalue weighted by Crippen LogP contribution is 2.24. The van der Waals surface area contributed by atoms with Gasteiger partial charge in [-0.3, -0.25) is 4.99 Å². The molecule has 2 aromatic heterocycles. The first kappa shape index (κ1) is 26.3. The number of hydrogen-bond donors (Lipinski definition) is 1. The molecule has 0 radical (unpaired) electrons. The molecule has 0 aliphatic heterocycles. The number of halogens is 1. The summed E-state index contributed by atoms with van der Waals surface area (Å²) in [5, 5.41) is 9.77. The number of guanidine groups is 1. The minimum Gasteiger partial charge on any atom is -0.375 e. The molecule has 9 heteroatoms. The fourth-order valence-corrected chi connectivity index (χ4v) is 4.35. The molecule has 2 rings (SSSR count). The van der Waals surface area contributed by atoms with Crippen LogP contribution in [0, 0.1) is 0 Å². The van der Waals surface area contributed by atoms with Gasteiger partial charge in [0, 0.05) is 49.8 Å². The van der Waals surface area contributed by atoms with Crippen molar-refractivity contribution in [2.24, 2.45) is 4.99 Å². The van der Waals surface area contributed by atoms with E-state index in [1.807, 2.05) is 14.0 Å². The topological polar surface area (TPSA) is 62.6 Å². The summed E-state index contributed by atoms with van der Waals surface area (Å²) in [6, 6.07) is 0. The van der Waals surface area contributed by atoms with Gasteiger partial charge in [-0.15, -0.1) is 46.7 Å². The van der Waals surface area contributed by atoms with Gasteiger partial charge in [0.2, 0.25) is 0 Å². The van der Waals surface area contributed by atoms with E-state index in [4.69, 9.17) is 14.7 Å². The van der Waals surface area contributed by atoms with Crippen molar-refractivity contribution in [1.29, 1.82) is 0 Å². The Morgan fingerprint density at radius 3 is 2.59 bits per heavy atom. The van der Waals surface area contributed by atoms with Crippen LogP contribution in [0.1, 0.15) is 62.1 Å². The van der Waals surface area contributed by atoms with Crippen LogP contribution >= 0.6 is 46.7 Å². The van der Waals surface area contributed by atoms with E-state index in [1.165, 1.54) is 0 Å². The molecule has 164 valence electrons. The maximum Gasteiger partial charge on any atom is 0.194 e. The van der Waals surface area contributed by atoms with Crippen molar-refractivity contribution in [3.63, 3.8) is 0 Å². The maximum absolute atomic E-state index is 5.35. The van der Waals surface area contributed by atoms with Gasteiger partial charge in [-0.05, 0) is 13.8 Å². The summed E-state index contributed by atoms with van der Waals surface area (Å²) < 4.78 is 5.35. The fourth-order valence-electron chi connectivity index (χ4n) is 2.50. The summed E-state index contributed by atoms with van der Waals surface area (Å²) in [5.74, 6) is 0.893. The lowest BCUT2D eigenvalue weighted by Crippen LogP contribution is -2.38. The zero-order valence-corrected chi connectivity index (χ0v) is 22.4. The molecule has 1 atom stereocenters. The van der Waals surface area contributed by atoms with Crippen LogP contribution in [0.4, 0.5) is 0 Å². The molecule has 0 aliphatic carbocycles. The lowest BCUT2D eigenvalue weighted by Gasteiger charge is -2.21. The van der Waals surface area contributed by atoms with Gasteiger partial charge in [-0.1, -0.05) is 20.8 Å². The maximum atomic E-state index is 5.35. The second-order valence-corrected chi connectivity index (χ2v) is 9.61. The molecule has 0 spiro atoms. The highest BCUT2D eigenvalue weighted by molar-refractivity contribution is 14.0. The number of nitrogens with zero attached hydrogens (tertiary/aromatic N) is 4. The first-order valence-corrected chi connectivity index (χ1v) is 11.4. The Balaban J connectivity index is 0.00000420. The van der Waals surface area contributed by atoms with Crippen molar-refractivity contribution in [3.05, 3.63) is 32.2 Å². The first-order valence-electron chi connectivity index (χ1n) is 9.66. The smallest absolute Gasteiger partial charge is 0.194 e. The third-order valence-electron chi connectivity index (χ3n) is 4.27. The number of aliphatic imine (C=N–C) groups is 1. The number of methoxy groups -OCH3 is 1. The largest absolute Gasteiger partial charge is 0.375 e. The Labute approximate surface area is 200 Å². The zero-order chi connectivity index (χ0) is 20.7. The van der Waals surface area contributed by atoms with Crippen molar-refractivity contribution in [2.45, 2.75) is 59.1 Å². The van der Waals surface area contributed by atoms with Crippen molar-refractivity contribution in [1.82, 2.24) is 20.2 Å². The Bertz CT molecular complexity index is 769. The van der Waals surface area contributed by atoms with E-state index in [1.54, 1.807) is 29.8 Å². The highest BCUT2D eigenvalue weighted by atomic mass is 127. The molecular formula is C20H34IN5OS2. The van der Waals surface area contributed by atoms with E-state index >= 15 is 0 Å². The van der Waals surface area contributed by atoms with Crippen LogP contribution in [0.3, 0.4) is 0 Å². The molecule has 0 amide bonds. The number of thiazole rings is 2. The summed E-state index contributed by atoms with van der Waals surface area (Å²) in [6.07, 6.45) is 0.887. The molecule has 0 fully saturated rings. The Morgan fingerprint density at radius 2 is 2.00 bits per heavy atom.